The number of benzene rings is 1. The fourth-order valence-electron chi connectivity index (χ4n) is 3.05. The maximum absolute atomic E-state index is 12.1. The van der Waals surface area contributed by atoms with Gasteiger partial charge in [0.25, 0.3) is 5.91 Å². The molecule has 1 aliphatic heterocycles. The highest BCUT2D eigenvalue weighted by atomic mass is 19.4. The van der Waals surface area contributed by atoms with E-state index in [4.69, 9.17) is 4.42 Å². The van der Waals surface area contributed by atoms with Crippen molar-refractivity contribution in [1.82, 2.24) is 15.4 Å². The van der Waals surface area contributed by atoms with Crippen LogP contribution in [0, 0.1) is 0 Å². The van der Waals surface area contributed by atoms with Crippen LogP contribution in [0.2, 0.25) is 0 Å². The number of carbonyl (C=O) groups is 2. The molecule has 2 aromatic heterocycles. The van der Waals surface area contributed by atoms with Crippen LogP contribution in [0.1, 0.15) is 23.2 Å². The lowest BCUT2D eigenvalue weighted by atomic mass is 10.2. The van der Waals surface area contributed by atoms with Crippen molar-refractivity contribution in [1.29, 1.82) is 0 Å². The minimum absolute atomic E-state index is 0.0557. The molecule has 4 rings (SSSR count). The van der Waals surface area contributed by atoms with Gasteiger partial charge in [0, 0.05) is 24.8 Å². The number of alkyl halides is 3. The fraction of sp³-hybridized carbons (Fsp3) is 0.263. The van der Waals surface area contributed by atoms with Crippen LogP contribution in [-0.4, -0.2) is 41.1 Å². The number of amides is 1. The molecular formula is C19H15F3N4O4. The number of rotatable bonds is 3. The molecule has 0 unspecified atom stereocenters. The Hall–Kier alpha value is -3.63. The van der Waals surface area contributed by atoms with Crippen molar-refractivity contribution in [2.24, 2.45) is 0 Å². The topological polar surface area (TPSA) is 97.6 Å². The monoisotopic (exact) mass is 420 g/mol. The Labute approximate surface area is 167 Å². The number of carbonyl (C=O) groups excluding carboxylic acids is 2. The molecule has 3 heterocycles. The normalized spacial score (nSPS) is 14.2. The van der Waals surface area contributed by atoms with Crippen LogP contribution in [0.25, 0.3) is 22.6 Å². The Bertz CT molecular complexity index is 1090. The van der Waals surface area contributed by atoms with Gasteiger partial charge >= 0.3 is 12.1 Å². The molecule has 156 valence electrons. The van der Waals surface area contributed by atoms with Crippen molar-refractivity contribution in [3.63, 3.8) is 0 Å². The zero-order valence-electron chi connectivity index (χ0n) is 15.4. The summed E-state index contributed by atoms with van der Waals surface area (Å²) in [5, 5.41) is 0. The number of halogens is 3. The van der Waals surface area contributed by atoms with Crippen LogP contribution in [0.3, 0.4) is 0 Å². The highest BCUT2D eigenvalue weighted by Crippen LogP contribution is 2.26. The fourth-order valence-corrected chi connectivity index (χ4v) is 3.05. The van der Waals surface area contributed by atoms with E-state index >= 15 is 0 Å². The van der Waals surface area contributed by atoms with E-state index in [0.29, 0.717) is 16.7 Å². The molecule has 1 saturated heterocycles. The molecule has 1 aromatic carbocycles. The molecule has 1 N–H and O–H groups in total. The third-order valence-electron chi connectivity index (χ3n) is 4.54. The van der Waals surface area contributed by atoms with E-state index in [0.717, 1.165) is 31.7 Å². The molecule has 8 nitrogen and oxygen atoms in total. The van der Waals surface area contributed by atoms with Crippen LogP contribution in [-0.2, 0) is 9.63 Å². The van der Waals surface area contributed by atoms with E-state index < -0.39 is 18.1 Å². The zero-order chi connectivity index (χ0) is 21.3. The van der Waals surface area contributed by atoms with Gasteiger partial charge in [-0.05, 0) is 43.2 Å². The summed E-state index contributed by atoms with van der Waals surface area (Å²) in [6, 6.07) is 7.77. The summed E-state index contributed by atoms with van der Waals surface area (Å²) in [4.78, 5) is 37.3. The number of pyridine rings is 1. The number of aromatic nitrogens is 2. The molecule has 11 heteroatoms. The lowest BCUT2D eigenvalue weighted by molar-refractivity contribution is -0.204. The summed E-state index contributed by atoms with van der Waals surface area (Å²) >= 11 is 0. The average Bonchev–Trinajstić information content (AvgIpc) is 3.40. The smallest absolute Gasteiger partial charge is 0.436 e. The van der Waals surface area contributed by atoms with Crippen LogP contribution in [0.15, 0.2) is 40.9 Å². The van der Waals surface area contributed by atoms with Crippen molar-refractivity contribution >= 4 is 28.8 Å². The van der Waals surface area contributed by atoms with Gasteiger partial charge in [-0.1, -0.05) is 0 Å². The molecule has 0 atom stereocenters. The SMILES string of the molecule is O=C(NOC(=O)C(F)(F)F)c1ccc2oc(-c3ccc(N4CCCC4)nc3)nc2c1. The summed E-state index contributed by atoms with van der Waals surface area (Å²) < 4.78 is 42.1. The number of fused-ring (bicyclic) bond motifs is 1. The predicted octanol–water partition coefficient (Wildman–Crippen LogP) is 3.24. The minimum atomic E-state index is -5.21. The van der Waals surface area contributed by atoms with Gasteiger partial charge in [-0.25, -0.2) is 14.8 Å². The molecule has 0 aliphatic carbocycles. The van der Waals surface area contributed by atoms with Crippen LogP contribution in [0.4, 0.5) is 19.0 Å². The first kappa shape index (κ1) is 19.7. The first-order chi connectivity index (χ1) is 14.3. The Kier molecular flexibility index (Phi) is 5.02. The van der Waals surface area contributed by atoms with Gasteiger partial charge in [-0.3, -0.25) is 4.79 Å². The second-order valence-corrected chi connectivity index (χ2v) is 6.62. The van der Waals surface area contributed by atoms with E-state index in [9.17, 15) is 22.8 Å². The summed E-state index contributed by atoms with van der Waals surface area (Å²) in [6.45, 7) is 1.94. The molecule has 0 radical (unpaired) electrons. The number of hydrogen-bond donors (Lipinski definition) is 1. The van der Waals surface area contributed by atoms with Gasteiger partial charge in [0.15, 0.2) is 5.58 Å². The Morgan fingerprint density at radius 2 is 1.90 bits per heavy atom. The molecule has 1 aliphatic rings. The first-order valence-corrected chi connectivity index (χ1v) is 9.01. The molecule has 30 heavy (non-hydrogen) atoms. The van der Waals surface area contributed by atoms with Gasteiger partial charge in [-0.15, -0.1) is 0 Å². The van der Waals surface area contributed by atoms with Crippen molar-refractivity contribution in [3.8, 4) is 11.5 Å². The lowest BCUT2D eigenvalue weighted by Gasteiger charge is -2.15. The maximum atomic E-state index is 12.1. The number of anilines is 1. The van der Waals surface area contributed by atoms with Crippen molar-refractivity contribution in [2.75, 3.05) is 18.0 Å². The van der Waals surface area contributed by atoms with Crippen molar-refractivity contribution in [3.05, 3.63) is 42.1 Å². The van der Waals surface area contributed by atoms with Crippen molar-refractivity contribution in [2.45, 2.75) is 19.0 Å². The summed E-state index contributed by atoms with van der Waals surface area (Å²) in [7, 11) is 0. The third kappa shape index (κ3) is 4.04. The second-order valence-electron chi connectivity index (χ2n) is 6.62. The number of nitrogens with zero attached hydrogens (tertiary/aromatic N) is 3. The summed E-state index contributed by atoms with van der Waals surface area (Å²) in [5.41, 5.74) is 2.72. The quantitative estimate of drug-likeness (QED) is 0.650. The molecule has 0 spiro atoms. The molecule has 0 bridgehead atoms. The number of oxazole rings is 1. The van der Waals surface area contributed by atoms with E-state index in [2.05, 4.69) is 19.7 Å². The van der Waals surface area contributed by atoms with Crippen molar-refractivity contribution < 1.29 is 32.0 Å². The molecular weight excluding hydrogens is 405 g/mol. The molecule has 1 amide bonds. The van der Waals surface area contributed by atoms with E-state index in [1.807, 2.05) is 12.1 Å². The highest BCUT2D eigenvalue weighted by molar-refractivity contribution is 5.97. The van der Waals surface area contributed by atoms with Gasteiger partial charge in [-0.2, -0.15) is 18.7 Å². The van der Waals surface area contributed by atoms with Crippen LogP contribution < -0.4 is 10.4 Å². The Morgan fingerprint density at radius 3 is 2.57 bits per heavy atom. The Balaban J connectivity index is 1.49. The molecule has 0 saturated carbocycles. The predicted molar refractivity (Wildman–Crippen MR) is 98.3 cm³/mol. The van der Waals surface area contributed by atoms with Gasteiger partial charge in [0.05, 0.1) is 5.56 Å². The Morgan fingerprint density at radius 1 is 1.13 bits per heavy atom. The lowest BCUT2D eigenvalue weighted by Crippen LogP contribution is -2.34. The van der Waals surface area contributed by atoms with Crippen LogP contribution in [0.5, 0.6) is 0 Å². The highest BCUT2D eigenvalue weighted by Gasteiger charge is 2.42. The van der Waals surface area contributed by atoms with E-state index in [-0.39, 0.29) is 11.5 Å². The van der Waals surface area contributed by atoms with Gasteiger partial charge in [0.2, 0.25) is 5.89 Å². The maximum Gasteiger partial charge on any atom is 0.493 e. The summed E-state index contributed by atoms with van der Waals surface area (Å²) in [6.07, 6.45) is -1.29. The number of nitrogens with one attached hydrogen (secondary N) is 1. The number of hydrogen-bond acceptors (Lipinski definition) is 7. The standard InChI is InChI=1S/C19H15F3N4O4/c20-19(21,22)18(28)30-25-16(27)11-3-5-14-13(9-11)24-17(29-14)12-4-6-15(23-10-12)26-7-1-2-8-26/h3-6,9-10H,1-2,7-8H2,(H,25,27). The van der Waals surface area contributed by atoms with E-state index in [1.165, 1.54) is 23.7 Å². The zero-order valence-corrected chi connectivity index (χ0v) is 15.4. The average molecular weight is 420 g/mol. The third-order valence-corrected chi connectivity index (χ3v) is 4.54. The largest absolute Gasteiger partial charge is 0.493 e. The summed E-state index contributed by atoms with van der Waals surface area (Å²) in [5.74, 6) is -2.40. The first-order valence-electron chi connectivity index (χ1n) is 9.01. The minimum Gasteiger partial charge on any atom is -0.436 e. The van der Waals surface area contributed by atoms with Gasteiger partial charge < -0.3 is 14.2 Å². The number of hydroxylamine groups is 1. The van der Waals surface area contributed by atoms with Crippen LogP contribution >= 0.6 is 0 Å². The van der Waals surface area contributed by atoms with Gasteiger partial charge in [0.1, 0.15) is 11.3 Å². The molecule has 3 aromatic rings. The second kappa shape index (κ2) is 7.65. The molecule has 1 fully saturated rings. The van der Waals surface area contributed by atoms with E-state index in [1.54, 1.807) is 6.20 Å².